The summed E-state index contributed by atoms with van der Waals surface area (Å²) in [7, 11) is 0. The van der Waals surface area contributed by atoms with Gasteiger partial charge in [-0.25, -0.2) is 9.97 Å². The van der Waals surface area contributed by atoms with Crippen molar-refractivity contribution in [3.8, 4) is 0 Å². The molecule has 0 radical (unpaired) electrons. The van der Waals surface area contributed by atoms with Gasteiger partial charge in [-0.1, -0.05) is 18.5 Å². The molecule has 2 amide bonds. The van der Waals surface area contributed by atoms with Crippen LogP contribution in [0.1, 0.15) is 24.3 Å². The quantitative estimate of drug-likeness (QED) is 0.578. The van der Waals surface area contributed by atoms with Gasteiger partial charge >= 0.3 is 0 Å². The van der Waals surface area contributed by atoms with Crippen LogP contribution in [0.3, 0.4) is 0 Å². The zero-order valence-electron chi connectivity index (χ0n) is 13.7. The Kier molecular flexibility index (Phi) is 5.71. The predicted octanol–water partition coefficient (Wildman–Crippen LogP) is 1.29. The van der Waals surface area contributed by atoms with E-state index >= 15 is 0 Å². The summed E-state index contributed by atoms with van der Waals surface area (Å²) in [6.45, 7) is 3.48. The van der Waals surface area contributed by atoms with Gasteiger partial charge in [0.15, 0.2) is 11.5 Å². The normalized spacial score (nSPS) is 12.9. The Morgan fingerprint density at radius 2 is 1.92 bits per heavy atom. The Morgan fingerprint density at radius 1 is 1.20 bits per heavy atom. The third kappa shape index (κ3) is 4.77. The summed E-state index contributed by atoms with van der Waals surface area (Å²) in [6, 6.07) is 1.32. The molecule has 0 saturated carbocycles. The van der Waals surface area contributed by atoms with Gasteiger partial charge in [-0.3, -0.25) is 14.6 Å². The van der Waals surface area contributed by atoms with Gasteiger partial charge < -0.3 is 22.1 Å². The van der Waals surface area contributed by atoms with E-state index in [1.54, 1.807) is 19.9 Å². The number of hydrogen-bond donors (Lipinski definition) is 4. The predicted molar refractivity (Wildman–Crippen MR) is 94.5 cm³/mol. The van der Waals surface area contributed by atoms with Crippen molar-refractivity contribution < 1.29 is 9.59 Å². The SMILES string of the molecule is CC(Nc1cnc(C(N)=O)c(Nc2cncc(Cl)c2)n1)C(C)C(N)=O. The maximum atomic E-state index is 11.6. The highest BCUT2D eigenvalue weighted by Crippen LogP contribution is 2.21. The number of carbonyl (C=O) groups excluding carboxylic acids is 2. The van der Waals surface area contributed by atoms with Gasteiger partial charge in [0, 0.05) is 12.2 Å². The van der Waals surface area contributed by atoms with Crippen molar-refractivity contribution in [2.24, 2.45) is 17.4 Å². The Hall–Kier alpha value is -2.94. The lowest BCUT2D eigenvalue weighted by Crippen LogP contribution is -2.34. The number of primary amides is 2. The fourth-order valence-corrected chi connectivity index (χ4v) is 2.12. The van der Waals surface area contributed by atoms with Gasteiger partial charge in [-0.15, -0.1) is 0 Å². The molecule has 2 rings (SSSR count). The number of nitrogens with one attached hydrogen (secondary N) is 2. The zero-order chi connectivity index (χ0) is 18.6. The topological polar surface area (TPSA) is 149 Å². The molecule has 9 nitrogen and oxygen atoms in total. The highest BCUT2D eigenvalue weighted by atomic mass is 35.5. The van der Waals surface area contributed by atoms with Crippen LogP contribution in [-0.4, -0.2) is 32.8 Å². The van der Waals surface area contributed by atoms with Crippen LogP contribution < -0.4 is 22.1 Å². The molecule has 2 unspecified atom stereocenters. The Balaban J connectivity index is 2.30. The third-order valence-corrected chi connectivity index (χ3v) is 3.75. The summed E-state index contributed by atoms with van der Waals surface area (Å²) in [5.74, 6) is -1.12. The molecule has 0 saturated heterocycles. The molecule has 0 aliphatic carbocycles. The van der Waals surface area contributed by atoms with Crippen LogP contribution in [0, 0.1) is 5.92 Å². The maximum absolute atomic E-state index is 11.6. The van der Waals surface area contributed by atoms with Crippen molar-refractivity contribution in [1.82, 2.24) is 15.0 Å². The van der Waals surface area contributed by atoms with Gasteiger partial charge in [0.05, 0.1) is 29.0 Å². The standard InChI is InChI=1S/C15H18ClN7O2/c1-7(13(17)24)8(2)21-11-6-20-12(14(18)25)15(23-11)22-10-3-9(16)4-19-5-10/h3-8H,1-2H3,(H2,17,24)(H2,18,25)(H2,21,22,23). The molecule has 6 N–H and O–H groups in total. The van der Waals surface area contributed by atoms with Crippen LogP contribution in [0.2, 0.25) is 5.02 Å². The number of aromatic nitrogens is 3. The van der Waals surface area contributed by atoms with E-state index in [9.17, 15) is 9.59 Å². The molecule has 0 spiro atoms. The highest BCUT2D eigenvalue weighted by Gasteiger charge is 2.19. The average Bonchev–Trinajstić information content (AvgIpc) is 2.53. The maximum Gasteiger partial charge on any atom is 0.271 e. The van der Waals surface area contributed by atoms with E-state index in [0.717, 1.165) is 0 Å². The molecule has 2 atom stereocenters. The number of anilines is 3. The molecule has 0 aliphatic rings. The number of halogens is 1. The third-order valence-electron chi connectivity index (χ3n) is 3.55. The number of amides is 2. The lowest BCUT2D eigenvalue weighted by Gasteiger charge is -2.19. The van der Waals surface area contributed by atoms with Gasteiger partial charge in [-0.2, -0.15) is 0 Å². The molecule has 0 aliphatic heterocycles. The molecule has 2 heterocycles. The number of nitrogens with two attached hydrogens (primary N) is 2. The molecule has 132 valence electrons. The van der Waals surface area contributed by atoms with Crippen molar-refractivity contribution in [1.29, 1.82) is 0 Å². The second kappa shape index (κ2) is 7.75. The van der Waals surface area contributed by atoms with Gasteiger partial charge in [-0.05, 0) is 13.0 Å². The number of nitrogens with zero attached hydrogens (tertiary/aromatic N) is 3. The zero-order valence-corrected chi connectivity index (χ0v) is 14.4. The number of carbonyl (C=O) groups is 2. The second-order valence-electron chi connectivity index (χ2n) is 5.46. The average molecular weight is 364 g/mol. The molecule has 2 aromatic rings. The van der Waals surface area contributed by atoms with Crippen molar-refractivity contribution in [3.63, 3.8) is 0 Å². The first-order valence-corrected chi connectivity index (χ1v) is 7.76. The van der Waals surface area contributed by atoms with Gasteiger partial charge in [0.2, 0.25) is 5.91 Å². The molecule has 10 heteroatoms. The molecule has 0 bridgehead atoms. The Bertz CT molecular complexity index is 799. The van der Waals surface area contributed by atoms with E-state index in [1.807, 2.05) is 0 Å². The smallest absolute Gasteiger partial charge is 0.271 e. The van der Waals surface area contributed by atoms with Gasteiger partial charge in [0.1, 0.15) is 5.82 Å². The molecule has 25 heavy (non-hydrogen) atoms. The van der Waals surface area contributed by atoms with Crippen LogP contribution >= 0.6 is 11.6 Å². The van der Waals surface area contributed by atoms with Crippen molar-refractivity contribution in [2.45, 2.75) is 19.9 Å². The van der Waals surface area contributed by atoms with E-state index in [-0.39, 0.29) is 17.6 Å². The van der Waals surface area contributed by atoms with Crippen LogP contribution in [-0.2, 0) is 4.79 Å². The summed E-state index contributed by atoms with van der Waals surface area (Å²) in [6.07, 6.45) is 4.33. The number of rotatable bonds is 7. The summed E-state index contributed by atoms with van der Waals surface area (Å²) in [5.41, 5.74) is 11.1. The first-order chi connectivity index (χ1) is 11.8. The summed E-state index contributed by atoms with van der Waals surface area (Å²) in [5, 5.41) is 6.34. The summed E-state index contributed by atoms with van der Waals surface area (Å²) < 4.78 is 0. The second-order valence-corrected chi connectivity index (χ2v) is 5.89. The first kappa shape index (κ1) is 18.4. The number of pyridine rings is 1. The molecular weight excluding hydrogens is 346 g/mol. The van der Waals surface area contributed by atoms with Gasteiger partial charge in [0.25, 0.3) is 5.91 Å². The lowest BCUT2D eigenvalue weighted by molar-refractivity contribution is -0.121. The van der Waals surface area contributed by atoms with Crippen molar-refractivity contribution in [3.05, 3.63) is 35.4 Å². The Labute approximate surface area is 149 Å². The minimum absolute atomic E-state index is 0.0406. The minimum atomic E-state index is -0.741. The van der Waals surface area contributed by atoms with Crippen molar-refractivity contribution >= 4 is 40.7 Å². The van der Waals surface area contributed by atoms with Crippen LogP contribution in [0.4, 0.5) is 17.3 Å². The largest absolute Gasteiger partial charge is 0.369 e. The minimum Gasteiger partial charge on any atom is -0.369 e. The molecular formula is C15H18ClN7O2. The highest BCUT2D eigenvalue weighted by molar-refractivity contribution is 6.30. The molecule has 0 fully saturated rings. The fraction of sp³-hybridized carbons (Fsp3) is 0.267. The van der Waals surface area contributed by atoms with E-state index in [0.29, 0.717) is 16.5 Å². The van der Waals surface area contributed by atoms with E-state index < -0.39 is 17.7 Å². The van der Waals surface area contributed by atoms with E-state index in [1.165, 1.54) is 18.6 Å². The van der Waals surface area contributed by atoms with Crippen LogP contribution in [0.15, 0.2) is 24.7 Å². The molecule has 0 aromatic carbocycles. The fourth-order valence-electron chi connectivity index (χ4n) is 1.95. The van der Waals surface area contributed by atoms with E-state index in [4.69, 9.17) is 23.1 Å². The first-order valence-electron chi connectivity index (χ1n) is 7.38. The van der Waals surface area contributed by atoms with E-state index in [2.05, 4.69) is 25.6 Å². The number of hydrogen-bond acceptors (Lipinski definition) is 7. The summed E-state index contributed by atoms with van der Waals surface area (Å²) in [4.78, 5) is 35.1. The summed E-state index contributed by atoms with van der Waals surface area (Å²) >= 11 is 5.89. The molecule has 2 aromatic heterocycles. The van der Waals surface area contributed by atoms with Crippen LogP contribution in [0.25, 0.3) is 0 Å². The lowest BCUT2D eigenvalue weighted by atomic mass is 10.0. The van der Waals surface area contributed by atoms with Crippen LogP contribution in [0.5, 0.6) is 0 Å². The Morgan fingerprint density at radius 3 is 2.52 bits per heavy atom. The monoisotopic (exact) mass is 363 g/mol. The van der Waals surface area contributed by atoms with Crippen molar-refractivity contribution in [2.75, 3.05) is 10.6 Å².